The lowest BCUT2D eigenvalue weighted by Gasteiger charge is -2.28. The van der Waals surface area contributed by atoms with Crippen LogP contribution in [0.3, 0.4) is 0 Å². The van der Waals surface area contributed by atoms with Crippen molar-refractivity contribution in [3.8, 4) is 0 Å². The molecule has 1 fully saturated rings. The maximum absolute atomic E-state index is 12.9. The van der Waals surface area contributed by atoms with Crippen molar-refractivity contribution in [3.05, 3.63) is 101 Å². The van der Waals surface area contributed by atoms with Gasteiger partial charge >= 0.3 is 0 Å². The molecule has 3 aromatic carbocycles. The van der Waals surface area contributed by atoms with Gasteiger partial charge in [-0.15, -0.1) is 0 Å². The second-order valence-electron chi connectivity index (χ2n) is 6.75. The van der Waals surface area contributed by atoms with Crippen LogP contribution in [0.15, 0.2) is 84.9 Å². The zero-order valence-electron chi connectivity index (χ0n) is 15.1. The number of carbonyl (C=O) groups excluding carboxylic acids is 2. The molecule has 0 spiro atoms. The van der Waals surface area contributed by atoms with Gasteiger partial charge in [-0.05, 0) is 29.3 Å². The van der Waals surface area contributed by atoms with Crippen LogP contribution in [0.4, 0.5) is 5.69 Å². The molecule has 5 heteroatoms. The summed E-state index contributed by atoms with van der Waals surface area (Å²) < 4.78 is 0. The first-order chi connectivity index (χ1) is 13.6. The summed E-state index contributed by atoms with van der Waals surface area (Å²) >= 11 is 6.03. The lowest BCUT2D eigenvalue weighted by molar-refractivity contribution is -0.141. The lowest BCUT2D eigenvalue weighted by atomic mass is 9.97. The van der Waals surface area contributed by atoms with Crippen molar-refractivity contribution in [2.75, 3.05) is 11.9 Å². The summed E-state index contributed by atoms with van der Waals surface area (Å²) in [6.45, 7) is 0.290. The third kappa shape index (κ3) is 3.64. The number of amides is 1. The average molecular weight is 391 g/mol. The normalized spacial score (nSPS) is 16.6. The van der Waals surface area contributed by atoms with Gasteiger partial charge in [-0.1, -0.05) is 78.3 Å². The second kappa shape index (κ2) is 7.87. The maximum atomic E-state index is 12.9. The molecule has 1 amide bonds. The summed E-state index contributed by atoms with van der Waals surface area (Å²) in [5.74, 6) is -0.908. The van der Waals surface area contributed by atoms with Gasteiger partial charge in [0.2, 0.25) is 5.78 Å². The van der Waals surface area contributed by atoms with E-state index in [0.29, 0.717) is 11.6 Å². The molecule has 0 aromatic heterocycles. The third-order valence-corrected chi connectivity index (χ3v) is 5.11. The third-order valence-electron chi connectivity index (χ3n) is 4.88. The molecule has 1 aliphatic rings. The summed E-state index contributed by atoms with van der Waals surface area (Å²) in [4.78, 5) is 27.2. The zero-order valence-corrected chi connectivity index (χ0v) is 15.8. The van der Waals surface area contributed by atoms with E-state index in [0.717, 1.165) is 16.8 Å². The zero-order chi connectivity index (χ0) is 19.5. The molecule has 4 nitrogen and oxygen atoms in total. The molecule has 28 heavy (non-hydrogen) atoms. The number of likely N-dealkylation sites (tertiary alicyclic amines) is 1. The Labute approximate surface area is 168 Å². The highest BCUT2D eigenvalue weighted by atomic mass is 35.5. The van der Waals surface area contributed by atoms with E-state index < -0.39 is 17.7 Å². The second-order valence-corrected chi connectivity index (χ2v) is 7.19. The number of carbonyl (C=O) groups is 2. The number of hydrogen-bond donors (Lipinski definition) is 1. The van der Waals surface area contributed by atoms with Gasteiger partial charge in [0.05, 0.1) is 6.04 Å². The van der Waals surface area contributed by atoms with Crippen LogP contribution in [-0.4, -0.2) is 29.2 Å². The number of nitrogens with zero attached hydrogens (tertiary/aromatic N) is 1. The molecule has 140 valence electrons. The van der Waals surface area contributed by atoms with E-state index in [2.05, 4.69) is 5.32 Å². The largest absolute Gasteiger partial charge is 0.373 e. The van der Waals surface area contributed by atoms with Crippen LogP contribution in [0.2, 0.25) is 5.02 Å². The number of hydrogen-bond acceptors (Lipinski definition) is 3. The molecule has 1 N–H and O–H groups in total. The molecular weight excluding hydrogens is 372 g/mol. The van der Waals surface area contributed by atoms with Gasteiger partial charge in [0.15, 0.2) is 0 Å². The van der Waals surface area contributed by atoms with E-state index in [1.807, 2.05) is 66.7 Å². The number of anilines is 1. The van der Waals surface area contributed by atoms with Gasteiger partial charge in [-0.2, -0.15) is 0 Å². The van der Waals surface area contributed by atoms with Crippen LogP contribution in [0.25, 0.3) is 0 Å². The molecule has 1 unspecified atom stereocenters. The number of nitrogens with one attached hydrogen (secondary N) is 1. The topological polar surface area (TPSA) is 49.4 Å². The quantitative estimate of drug-likeness (QED) is 0.660. The Balaban J connectivity index is 1.65. The average Bonchev–Trinajstić information content (AvgIpc) is 2.98. The SMILES string of the molecule is O=C1C(=O)N(C(c2ccccc2)c2ccccc2)CC1Nc1cccc(Cl)c1. The minimum Gasteiger partial charge on any atom is -0.373 e. The molecule has 1 aliphatic heterocycles. The van der Waals surface area contributed by atoms with Crippen LogP contribution in [-0.2, 0) is 9.59 Å². The van der Waals surface area contributed by atoms with E-state index in [1.54, 1.807) is 23.1 Å². The summed E-state index contributed by atoms with van der Waals surface area (Å²) in [5.41, 5.74) is 2.66. The first kappa shape index (κ1) is 18.3. The van der Waals surface area contributed by atoms with E-state index in [-0.39, 0.29) is 6.04 Å². The van der Waals surface area contributed by atoms with Crippen molar-refractivity contribution in [1.29, 1.82) is 0 Å². The highest BCUT2D eigenvalue weighted by Gasteiger charge is 2.43. The van der Waals surface area contributed by atoms with Crippen LogP contribution in [0.5, 0.6) is 0 Å². The van der Waals surface area contributed by atoms with Crippen molar-refractivity contribution in [2.24, 2.45) is 0 Å². The van der Waals surface area contributed by atoms with Crippen molar-refractivity contribution in [1.82, 2.24) is 4.90 Å². The van der Waals surface area contributed by atoms with E-state index in [9.17, 15) is 9.59 Å². The standard InChI is InChI=1S/C23H19ClN2O2/c24-18-12-7-13-19(14-18)25-20-15-26(23(28)22(20)27)21(16-8-3-1-4-9-16)17-10-5-2-6-11-17/h1-14,20-21,25H,15H2. The Bertz CT molecular complexity index is 952. The molecule has 0 saturated carbocycles. The summed E-state index contributed by atoms with van der Waals surface area (Å²) in [7, 11) is 0. The minimum absolute atomic E-state index is 0.290. The molecule has 1 saturated heterocycles. The molecule has 1 atom stereocenters. The maximum Gasteiger partial charge on any atom is 0.293 e. The van der Waals surface area contributed by atoms with Crippen LogP contribution in [0, 0.1) is 0 Å². The predicted molar refractivity (Wildman–Crippen MR) is 110 cm³/mol. The molecule has 3 aromatic rings. The van der Waals surface area contributed by atoms with Crippen LogP contribution >= 0.6 is 11.6 Å². The Morgan fingerprint density at radius 2 is 1.46 bits per heavy atom. The van der Waals surface area contributed by atoms with Gasteiger partial charge in [-0.25, -0.2) is 0 Å². The van der Waals surface area contributed by atoms with Crippen molar-refractivity contribution in [2.45, 2.75) is 12.1 Å². The van der Waals surface area contributed by atoms with Gasteiger partial charge in [0.25, 0.3) is 5.91 Å². The number of rotatable bonds is 5. The fraction of sp³-hybridized carbons (Fsp3) is 0.130. The van der Waals surface area contributed by atoms with Gasteiger partial charge in [0.1, 0.15) is 6.04 Å². The summed E-state index contributed by atoms with van der Waals surface area (Å²) in [6, 6.07) is 25.8. The minimum atomic E-state index is -0.610. The monoisotopic (exact) mass is 390 g/mol. The van der Waals surface area contributed by atoms with Crippen molar-refractivity contribution in [3.63, 3.8) is 0 Å². The van der Waals surface area contributed by atoms with Gasteiger partial charge in [0, 0.05) is 17.3 Å². The Kier molecular flexibility index (Phi) is 5.13. The molecule has 0 aliphatic carbocycles. The first-order valence-electron chi connectivity index (χ1n) is 9.10. The van der Waals surface area contributed by atoms with E-state index in [4.69, 9.17) is 11.6 Å². The fourth-order valence-corrected chi connectivity index (χ4v) is 3.78. The van der Waals surface area contributed by atoms with Gasteiger partial charge < -0.3 is 10.2 Å². The summed E-state index contributed by atoms with van der Waals surface area (Å²) in [6.07, 6.45) is 0. The molecule has 0 radical (unpaired) electrons. The predicted octanol–water partition coefficient (Wildman–Crippen LogP) is 4.32. The first-order valence-corrected chi connectivity index (χ1v) is 9.48. The number of halogens is 1. The van der Waals surface area contributed by atoms with Crippen LogP contribution in [0.1, 0.15) is 17.2 Å². The molecule has 1 heterocycles. The van der Waals surface area contributed by atoms with Gasteiger partial charge in [-0.3, -0.25) is 9.59 Å². The number of benzene rings is 3. The van der Waals surface area contributed by atoms with Crippen LogP contribution < -0.4 is 5.32 Å². The highest BCUT2D eigenvalue weighted by molar-refractivity contribution is 6.40. The van der Waals surface area contributed by atoms with E-state index in [1.165, 1.54) is 0 Å². The van der Waals surface area contributed by atoms with E-state index >= 15 is 0 Å². The molecule has 4 rings (SSSR count). The van der Waals surface area contributed by atoms with Crippen molar-refractivity contribution >= 4 is 29.0 Å². The van der Waals surface area contributed by atoms with Crippen molar-refractivity contribution < 1.29 is 9.59 Å². The highest BCUT2D eigenvalue weighted by Crippen LogP contribution is 2.32. The number of Topliss-reactive ketones (excluding diaryl/α,β-unsaturated/α-hetero) is 1. The summed E-state index contributed by atoms with van der Waals surface area (Å²) in [5, 5.41) is 3.73. The Hall–Kier alpha value is -3.11. The smallest absolute Gasteiger partial charge is 0.293 e. The molecular formula is C23H19ClN2O2. The Morgan fingerprint density at radius 3 is 2.04 bits per heavy atom. The molecule has 0 bridgehead atoms. The Morgan fingerprint density at radius 1 is 0.857 bits per heavy atom. The number of ketones is 1. The fourth-order valence-electron chi connectivity index (χ4n) is 3.59. The lowest BCUT2D eigenvalue weighted by Crippen LogP contribution is -2.33.